The SMILES string of the molecule is C=CCCCC(=O)CCC(C)CCN. The molecule has 0 aromatic carbocycles. The number of allylic oxidation sites excluding steroid dienone is 1. The van der Waals surface area contributed by atoms with Crippen molar-refractivity contribution in [2.75, 3.05) is 6.54 Å². The van der Waals surface area contributed by atoms with Crippen LogP contribution in [0.1, 0.15) is 45.4 Å². The Labute approximate surface area is 87.6 Å². The van der Waals surface area contributed by atoms with Crippen LogP contribution in [0, 0.1) is 5.92 Å². The number of nitrogens with two attached hydrogens (primary N) is 1. The lowest BCUT2D eigenvalue weighted by molar-refractivity contribution is -0.119. The minimum atomic E-state index is 0.385. The van der Waals surface area contributed by atoms with E-state index < -0.39 is 0 Å². The second kappa shape index (κ2) is 8.95. The van der Waals surface area contributed by atoms with Crippen LogP contribution in [0.5, 0.6) is 0 Å². The van der Waals surface area contributed by atoms with E-state index in [1.807, 2.05) is 6.08 Å². The Morgan fingerprint density at radius 3 is 2.71 bits per heavy atom. The maximum absolute atomic E-state index is 11.4. The Balaban J connectivity index is 3.38. The molecule has 0 aromatic rings. The lowest BCUT2D eigenvalue weighted by atomic mass is 9.98. The maximum Gasteiger partial charge on any atom is 0.132 e. The molecule has 0 aliphatic carbocycles. The third-order valence-electron chi connectivity index (χ3n) is 2.44. The van der Waals surface area contributed by atoms with Crippen molar-refractivity contribution < 1.29 is 4.79 Å². The number of hydrogen-bond acceptors (Lipinski definition) is 2. The number of carbonyl (C=O) groups excluding carboxylic acids is 1. The van der Waals surface area contributed by atoms with E-state index in [0.717, 1.165) is 38.6 Å². The van der Waals surface area contributed by atoms with Crippen molar-refractivity contribution in [1.29, 1.82) is 0 Å². The van der Waals surface area contributed by atoms with Gasteiger partial charge in [0.25, 0.3) is 0 Å². The van der Waals surface area contributed by atoms with E-state index in [1.165, 1.54) is 0 Å². The fraction of sp³-hybridized carbons (Fsp3) is 0.750. The van der Waals surface area contributed by atoms with Crippen molar-refractivity contribution in [3.8, 4) is 0 Å². The summed E-state index contributed by atoms with van der Waals surface area (Å²) in [7, 11) is 0. The maximum atomic E-state index is 11.4. The predicted octanol–water partition coefficient (Wildman–Crippen LogP) is 2.68. The number of hydrogen-bond donors (Lipinski definition) is 1. The second-order valence-corrected chi connectivity index (χ2v) is 3.94. The molecule has 1 unspecified atom stereocenters. The van der Waals surface area contributed by atoms with Crippen LogP contribution in [0.15, 0.2) is 12.7 Å². The van der Waals surface area contributed by atoms with Gasteiger partial charge in [-0.1, -0.05) is 13.0 Å². The van der Waals surface area contributed by atoms with Crippen molar-refractivity contribution in [3.05, 3.63) is 12.7 Å². The van der Waals surface area contributed by atoms with E-state index in [2.05, 4.69) is 13.5 Å². The molecule has 0 amide bonds. The summed E-state index contributed by atoms with van der Waals surface area (Å²) in [4.78, 5) is 11.4. The molecule has 0 aliphatic heterocycles. The largest absolute Gasteiger partial charge is 0.330 e. The highest BCUT2D eigenvalue weighted by Gasteiger charge is 2.05. The van der Waals surface area contributed by atoms with Gasteiger partial charge in [0, 0.05) is 12.8 Å². The van der Waals surface area contributed by atoms with Crippen LogP contribution >= 0.6 is 0 Å². The molecule has 2 heteroatoms. The van der Waals surface area contributed by atoms with Crippen LogP contribution in [0.3, 0.4) is 0 Å². The summed E-state index contributed by atoms with van der Waals surface area (Å²) in [6.45, 7) is 6.52. The Morgan fingerprint density at radius 2 is 2.14 bits per heavy atom. The second-order valence-electron chi connectivity index (χ2n) is 3.94. The van der Waals surface area contributed by atoms with Crippen molar-refractivity contribution >= 4 is 5.78 Å². The number of Topliss-reactive ketones (excluding diaryl/α,β-unsaturated/α-hetero) is 1. The van der Waals surface area contributed by atoms with Gasteiger partial charge in [-0.25, -0.2) is 0 Å². The summed E-state index contributed by atoms with van der Waals surface area (Å²) in [5.41, 5.74) is 5.44. The van der Waals surface area contributed by atoms with Gasteiger partial charge in [0.1, 0.15) is 5.78 Å². The zero-order chi connectivity index (χ0) is 10.8. The molecule has 0 aromatic heterocycles. The Kier molecular flexibility index (Phi) is 8.54. The normalized spacial score (nSPS) is 12.4. The van der Waals surface area contributed by atoms with Crippen LogP contribution in [0.2, 0.25) is 0 Å². The molecule has 1 atom stereocenters. The fourth-order valence-corrected chi connectivity index (χ4v) is 1.40. The van der Waals surface area contributed by atoms with Gasteiger partial charge in [-0.15, -0.1) is 6.58 Å². The van der Waals surface area contributed by atoms with Crippen LogP contribution in [-0.4, -0.2) is 12.3 Å². The molecular formula is C12H23NO. The third-order valence-corrected chi connectivity index (χ3v) is 2.44. The van der Waals surface area contributed by atoms with Crippen LogP contribution in [0.25, 0.3) is 0 Å². The zero-order valence-corrected chi connectivity index (χ0v) is 9.30. The van der Waals surface area contributed by atoms with Crippen molar-refractivity contribution in [2.24, 2.45) is 11.7 Å². The van der Waals surface area contributed by atoms with Gasteiger partial charge in [-0.05, 0) is 38.1 Å². The van der Waals surface area contributed by atoms with Gasteiger partial charge < -0.3 is 5.73 Å². The Hall–Kier alpha value is -0.630. The van der Waals surface area contributed by atoms with E-state index in [0.29, 0.717) is 18.1 Å². The first kappa shape index (κ1) is 13.4. The zero-order valence-electron chi connectivity index (χ0n) is 9.30. The number of carbonyl (C=O) groups is 1. The monoisotopic (exact) mass is 197 g/mol. The van der Waals surface area contributed by atoms with Gasteiger partial charge in [0.2, 0.25) is 0 Å². The molecule has 0 spiro atoms. The smallest absolute Gasteiger partial charge is 0.132 e. The minimum Gasteiger partial charge on any atom is -0.330 e. The molecule has 0 rings (SSSR count). The molecule has 2 N–H and O–H groups in total. The molecule has 0 saturated heterocycles. The van der Waals surface area contributed by atoms with Crippen LogP contribution in [0.4, 0.5) is 0 Å². The van der Waals surface area contributed by atoms with Gasteiger partial charge in [0.05, 0.1) is 0 Å². The highest BCUT2D eigenvalue weighted by atomic mass is 16.1. The molecule has 0 bridgehead atoms. The average molecular weight is 197 g/mol. The van der Waals surface area contributed by atoms with Gasteiger partial charge in [-0.3, -0.25) is 4.79 Å². The fourth-order valence-electron chi connectivity index (χ4n) is 1.40. The summed E-state index contributed by atoms with van der Waals surface area (Å²) in [5.74, 6) is 0.971. The number of ketones is 1. The summed E-state index contributed by atoms with van der Waals surface area (Å²) in [6, 6.07) is 0. The van der Waals surface area contributed by atoms with Gasteiger partial charge >= 0.3 is 0 Å². The molecule has 0 saturated carbocycles. The molecule has 0 radical (unpaired) electrons. The summed E-state index contributed by atoms with van der Waals surface area (Å²) in [6.07, 6.45) is 7.21. The van der Waals surface area contributed by atoms with E-state index in [9.17, 15) is 4.79 Å². The van der Waals surface area contributed by atoms with Crippen molar-refractivity contribution in [3.63, 3.8) is 0 Å². The Bertz CT molecular complexity index is 166. The third kappa shape index (κ3) is 7.99. The standard InChI is InChI=1S/C12H23NO/c1-3-4-5-6-12(14)8-7-11(2)9-10-13/h3,11H,1,4-10,13H2,2H3. The molecule has 2 nitrogen and oxygen atoms in total. The summed E-state index contributed by atoms with van der Waals surface area (Å²) < 4.78 is 0. The van der Waals surface area contributed by atoms with E-state index in [4.69, 9.17) is 5.73 Å². The van der Waals surface area contributed by atoms with E-state index in [1.54, 1.807) is 0 Å². The van der Waals surface area contributed by atoms with Crippen LogP contribution in [-0.2, 0) is 4.79 Å². The number of rotatable bonds is 9. The van der Waals surface area contributed by atoms with E-state index in [-0.39, 0.29) is 0 Å². The van der Waals surface area contributed by atoms with E-state index >= 15 is 0 Å². The first-order valence-electron chi connectivity index (χ1n) is 5.53. The lowest BCUT2D eigenvalue weighted by Crippen LogP contribution is -2.08. The molecular weight excluding hydrogens is 174 g/mol. The summed E-state index contributed by atoms with van der Waals surface area (Å²) in [5, 5.41) is 0. The minimum absolute atomic E-state index is 0.385. The first-order valence-corrected chi connectivity index (χ1v) is 5.53. The van der Waals surface area contributed by atoms with Crippen LogP contribution < -0.4 is 5.73 Å². The van der Waals surface area contributed by atoms with Gasteiger partial charge in [0.15, 0.2) is 0 Å². The van der Waals surface area contributed by atoms with Crippen molar-refractivity contribution in [1.82, 2.24) is 0 Å². The topological polar surface area (TPSA) is 43.1 Å². The highest BCUT2D eigenvalue weighted by Crippen LogP contribution is 2.11. The summed E-state index contributed by atoms with van der Waals surface area (Å²) >= 11 is 0. The molecule has 0 heterocycles. The molecule has 14 heavy (non-hydrogen) atoms. The molecule has 82 valence electrons. The highest BCUT2D eigenvalue weighted by molar-refractivity contribution is 5.78. The average Bonchev–Trinajstić information content (AvgIpc) is 2.16. The van der Waals surface area contributed by atoms with Crippen molar-refractivity contribution in [2.45, 2.75) is 45.4 Å². The quantitative estimate of drug-likeness (QED) is 0.456. The Morgan fingerprint density at radius 1 is 1.43 bits per heavy atom. The molecule has 0 fully saturated rings. The first-order chi connectivity index (χ1) is 6.70. The number of unbranched alkanes of at least 4 members (excludes halogenated alkanes) is 1. The molecule has 0 aliphatic rings. The lowest BCUT2D eigenvalue weighted by Gasteiger charge is -2.08. The predicted molar refractivity (Wildman–Crippen MR) is 61.1 cm³/mol. The van der Waals surface area contributed by atoms with Gasteiger partial charge in [-0.2, -0.15) is 0 Å².